The second-order valence-electron chi connectivity index (χ2n) is 5.83. The maximum Gasteiger partial charge on any atom is 0.243 e. The van der Waals surface area contributed by atoms with E-state index in [9.17, 15) is 13.2 Å². The minimum Gasteiger partial charge on any atom is -0.316 e. The molecule has 3 rings (SSSR count). The van der Waals surface area contributed by atoms with Crippen molar-refractivity contribution >= 4 is 15.8 Å². The summed E-state index contributed by atoms with van der Waals surface area (Å²) < 4.78 is 27.4. The van der Waals surface area contributed by atoms with Crippen LogP contribution in [0.15, 0.2) is 59.5 Å². The minimum atomic E-state index is -3.69. The maximum absolute atomic E-state index is 13.0. The van der Waals surface area contributed by atoms with E-state index >= 15 is 0 Å². The van der Waals surface area contributed by atoms with Gasteiger partial charge in [-0.25, -0.2) is 8.42 Å². The molecule has 0 saturated carbocycles. The summed E-state index contributed by atoms with van der Waals surface area (Å²) in [6, 6.07) is 15.3. The predicted molar refractivity (Wildman–Crippen MR) is 92.5 cm³/mol. The molecule has 2 aromatic rings. The number of likely N-dealkylation sites (N-methyl/N-ethyl adjacent to an activating group) is 1. The van der Waals surface area contributed by atoms with Gasteiger partial charge in [0.2, 0.25) is 10.0 Å². The van der Waals surface area contributed by atoms with Gasteiger partial charge in [-0.3, -0.25) is 4.79 Å². The number of nitrogens with zero attached hydrogens (tertiary/aromatic N) is 1. The van der Waals surface area contributed by atoms with Crippen LogP contribution in [0.1, 0.15) is 22.3 Å². The normalized spacial score (nSPS) is 18.6. The Hall–Kier alpha value is -2.02. The molecule has 1 saturated heterocycles. The van der Waals surface area contributed by atoms with Crippen LogP contribution in [0.3, 0.4) is 0 Å². The zero-order valence-corrected chi connectivity index (χ0v) is 14.3. The molecule has 0 radical (unpaired) electrons. The third-order valence-electron chi connectivity index (χ3n) is 4.34. The highest BCUT2D eigenvalue weighted by Gasteiger charge is 2.34. The average molecular weight is 344 g/mol. The monoisotopic (exact) mass is 344 g/mol. The Balaban J connectivity index is 1.99. The molecule has 0 bridgehead atoms. The van der Waals surface area contributed by atoms with Crippen molar-refractivity contribution in [3.05, 3.63) is 65.7 Å². The summed E-state index contributed by atoms with van der Waals surface area (Å²) in [7, 11) is -1.87. The van der Waals surface area contributed by atoms with E-state index in [0.717, 1.165) is 6.42 Å². The molecule has 1 N–H and O–H groups in total. The van der Waals surface area contributed by atoms with Crippen LogP contribution >= 0.6 is 0 Å². The van der Waals surface area contributed by atoms with E-state index in [1.165, 1.54) is 10.4 Å². The van der Waals surface area contributed by atoms with Gasteiger partial charge in [0.15, 0.2) is 5.78 Å². The van der Waals surface area contributed by atoms with Gasteiger partial charge >= 0.3 is 0 Å². The van der Waals surface area contributed by atoms with Crippen LogP contribution in [0.2, 0.25) is 0 Å². The highest BCUT2D eigenvalue weighted by Crippen LogP contribution is 2.25. The Kier molecular flexibility index (Phi) is 4.80. The summed E-state index contributed by atoms with van der Waals surface area (Å²) in [6.07, 6.45) is 0.768. The van der Waals surface area contributed by atoms with Crippen LogP contribution in [0.4, 0.5) is 0 Å². The Morgan fingerprint density at radius 1 is 1.08 bits per heavy atom. The lowest BCUT2D eigenvalue weighted by Crippen LogP contribution is -2.34. The van der Waals surface area contributed by atoms with Crippen molar-refractivity contribution in [2.45, 2.75) is 17.4 Å². The van der Waals surface area contributed by atoms with Crippen molar-refractivity contribution in [1.82, 2.24) is 9.62 Å². The fourth-order valence-electron chi connectivity index (χ4n) is 2.95. The molecule has 0 aromatic heterocycles. The molecule has 24 heavy (non-hydrogen) atoms. The first-order chi connectivity index (χ1) is 11.5. The van der Waals surface area contributed by atoms with Gasteiger partial charge in [-0.05, 0) is 25.6 Å². The van der Waals surface area contributed by atoms with E-state index < -0.39 is 10.0 Å². The van der Waals surface area contributed by atoms with Crippen LogP contribution in [-0.2, 0) is 10.0 Å². The molecule has 126 valence electrons. The number of carbonyl (C=O) groups is 1. The first-order valence-electron chi connectivity index (χ1n) is 7.90. The number of sulfonamides is 1. The summed E-state index contributed by atoms with van der Waals surface area (Å²) >= 11 is 0. The summed E-state index contributed by atoms with van der Waals surface area (Å²) in [6.45, 7) is 0.883. The number of hydrogen-bond acceptors (Lipinski definition) is 4. The standard InChI is InChI=1S/C18H20N2O3S/c1-19-15-11-12-20(13-15)24(22,23)17-10-6-5-9-16(17)18(21)14-7-3-2-4-8-14/h2-10,15,19H,11-13H2,1H3. The Morgan fingerprint density at radius 3 is 2.42 bits per heavy atom. The zero-order chi connectivity index (χ0) is 17.2. The zero-order valence-electron chi connectivity index (χ0n) is 13.5. The molecule has 0 aliphatic carbocycles. The second kappa shape index (κ2) is 6.84. The van der Waals surface area contributed by atoms with Crippen LogP contribution in [0.5, 0.6) is 0 Å². The van der Waals surface area contributed by atoms with Gasteiger partial charge in [0.1, 0.15) is 0 Å². The van der Waals surface area contributed by atoms with Crippen molar-refractivity contribution in [3.63, 3.8) is 0 Å². The largest absolute Gasteiger partial charge is 0.316 e. The average Bonchev–Trinajstić information content (AvgIpc) is 3.12. The van der Waals surface area contributed by atoms with Gasteiger partial charge in [0.05, 0.1) is 4.90 Å². The molecular weight excluding hydrogens is 324 g/mol. The lowest BCUT2D eigenvalue weighted by molar-refractivity contribution is 0.103. The Morgan fingerprint density at radius 2 is 1.75 bits per heavy atom. The quantitative estimate of drug-likeness (QED) is 0.842. The third kappa shape index (κ3) is 3.13. The van der Waals surface area contributed by atoms with Crippen molar-refractivity contribution in [1.29, 1.82) is 0 Å². The van der Waals surface area contributed by atoms with Gasteiger partial charge < -0.3 is 5.32 Å². The molecule has 0 amide bonds. The molecule has 0 spiro atoms. The molecule has 1 aliphatic heterocycles. The fraction of sp³-hybridized carbons (Fsp3) is 0.278. The Labute approximate surface area is 142 Å². The molecule has 1 aliphatic rings. The van der Waals surface area contributed by atoms with Gasteiger partial charge in [-0.2, -0.15) is 4.31 Å². The summed E-state index contributed by atoms with van der Waals surface area (Å²) in [4.78, 5) is 12.8. The third-order valence-corrected chi connectivity index (χ3v) is 6.27. The maximum atomic E-state index is 13.0. The van der Waals surface area contributed by atoms with E-state index in [1.54, 1.807) is 42.5 Å². The van der Waals surface area contributed by atoms with Crippen molar-refractivity contribution in [3.8, 4) is 0 Å². The number of hydrogen-bond donors (Lipinski definition) is 1. The first kappa shape index (κ1) is 16.8. The van der Waals surface area contributed by atoms with E-state index in [1.807, 2.05) is 13.1 Å². The van der Waals surface area contributed by atoms with Crippen LogP contribution in [0, 0.1) is 0 Å². The summed E-state index contributed by atoms with van der Waals surface area (Å²) in [5, 5.41) is 3.11. The second-order valence-corrected chi connectivity index (χ2v) is 7.73. The van der Waals surface area contributed by atoms with E-state index in [-0.39, 0.29) is 22.3 Å². The molecule has 6 heteroatoms. The molecule has 1 atom stereocenters. The summed E-state index contributed by atoms with van der Waals surface area (Å²) in [5.41, 5.74) is 0.700. The van der Waals surface area contributed by atoms with Crippen LogP contribution < -0.4 is 5.32 Å². The molecule has 1 unspecified atom stereocenters. The van der Waals surface area contributed by atoms with Gasteiger partial charge in [-0.1, -0.05) is 42.5 Å². The Bertz CT molecular complexity index is 834. The number of rotatable bonds is 5. The van der Waals surface area contributed by atoms with E-state index in [2.05, 4.69) is 5.32 Å². The van der Waals surface area contributed by atoms with Gasteiger partial charge in [-0.15, -0.1) is 0 Å². The number of ketones is 1. The lowest BCUT2D eigenvalue weighted by atomic mass is 10.0. The van der Waals surface area contributed by atoms with Gasteiger partial charge in [0.25, 0.3) is 0 Å². The van der Waals surface area contributed by atoms with E-state index in [0.29, 0.717) is 18.7 Å². The SMILES string of the molecule is CNC1CCN(S(=O)(=O)c2ccccc2C(=O)c2ccccc2)C1. The smallest absolute Gasteiger partial charge is 0.243 e. The molecule has 5 nitrogen and oxygen atoms in total. The molecule has 1 fully saturated rings. The first-order valence-corrected chi connectivity index (χ1v) is 9.34. The topological polar surface area (TPSA) is 66.5 Å². The van der Waals surface area contributed by atoms with Crippen molar-refractivity contribution in [2.24, 2.45) is 0 Å². The van der Waals surface area contributed by atoms with Crippen LogP contribution in [-0.4, -0.2) is 44.7 Å². The minimum absolute atomic E-state index is 0.0793. The molecular formula is C18H20N2O3S. The van der Waals surface area contributed by atoms with Crippen LogP contribution in [0.25, 0.3) is 0 Å². The number of benzene rings is 2. The van der Waals surface area contributed by atoms with Gasteiger partial charge in [0, 0.05) is 30.3 Å². The van der Waals surface area contributed by atoms with E-state index in [4.69, 9.17) is 0 Å². The van der Waals surface area contributed by atoms with Crippen molar-refractivity contribution in [2.75, 3.05) is 20.1 Å². The lowest BCUT2D eigenvalue weighted by Gasteiger charge is -2.18. The molecule has 2 aromatic carbocycles. The molecule has 1 heterocycles. The summed E-state index contributed by atoms with van der Waals surface area (Å²) in [5.74, 6) is -0.279. The number of carbonyl (C=O) groups excluding carboxylic acids is 1. The predicted octanol–water partition coefficient (Wildman–Crippen LogP) is 1.90. The number of nitrogens with one attached hydrogen (secondary N) is 1. The van der Waals surface area contributed by atoms with Crippen molar-refractivity contribution < 1.29 is 13.2 Å². The highest BCUT2D eigenvalue weighted by atomic mass is 32.2. The fourth-order valence-corrected chi connectivity index (χ4v) is 4.63. The highest BCUT2D eigenvalue weighted by molar-refractivity contribution is 7.89.